The first-order valence-electron chi connectivity index (χ1n) is 3.48. The monoisotopic (exact) mass is 183 g/mol. The van der Waals surface area contributed by atoms with E-state index in [2.05, 4.69) is 0 Å². The smallest absolute Gasteiger partial charge is 0.321 e. The molecule has 4 nitrogen and oxygen atoms in total. The van der Waals surface area contributed by atoms with Crippen molar-refractivity contribution in [3.63, 3.8) is 0 Å². The Labute approximate surface area is 93.3 Å². The maximum atomic E-state index is 10.5. The van der Waals surface area contributed by atoms with Gasteiger partial charge in [0.15, 0.2) is 5.41 Å². The normalized spacial score (nSPS) is 10.2. The van der Waals surface area contributed by atoms with Crippen molar-refractivity contribution < 1.29 is 19.8 Å². The molecule has 0 aliphatic rings. The molecule has 2 N–H and O–H groups in total. The summed E-state index contributed by atoms with van der Waals surface area (Å²) in [5, 5.41) is 17.2. The summed E-state index contributed by atoms with van der Waals surface area (Å²) < 4.78 is 0. The third kappa shape index (κ3) is 2.47. The van der Waals surface area contributed by atoms with E-state index in [9.17, 15) is 9.59 Å². The number of carbonyl (C=O) groups is 2. The molecule has 12 heavy (non-hydrogen) atoms. The van der Waals surface area contributed by atoms with Crippen LogP contribution in [0.2, 0.25) is 0 Å². The van der Waals surface area contributed by atoms with Crippen LogP contribution in [0.1, 0.15) is 26.7 Å². The minimum Gasteiger partial charge on any atom is -0.480 e. The van der Waals surface area contributed by atoms with Crippen LogP contribution in [0.5, 0.6) is 0 Å². The van der Waals surface area contributed by atoms with Gasteiger partial charge in [-0.15, -0.1) is 0 Å². The van der Waals surface area contributed by atoms with Gasteiger partial charge in [-0.25, -0.2) is 0 Å². The van der Waals surface area contributed by atoms with E-state index >= 15 is 0 Å². The molecule has 0 saturated heterocycles. The summed E-state index contributed by atoms with van der Waals surface area (Å²) in [6, 6.07) is 0. The second-order valence-electron chi connectivity index (χ2n) is 2.40. The number of carboxylic acids is 2. The second-order valence-corrected chi connectivity index (χ2v) is 2.40. The third-order valence-electron chi connectivity index (χ3n) is 2.03. The SMILES string of the molecule is CCC(CC)(C(=O)O)C(=O)O.[Na]. The van der Waals surface area contributed by atoms with Crippen LogP contribution in [0, 0.1) is 5.41 Å². The number of hydrogen-bond donors (Lipinski definition) is 2. The third-order valence-corrected chi connectivity index (χ3v) is 2.03. The molecule has 65 valence electrons. The summed E-state index contributed by atoms with van der Waals surface area (Å²) in [5.74, 6) is -2.51. The van der Waals surface area contributed by atoms with Gasteiger partial charge in [-0.05, 0) is 12.8 Å². The Kier molecular flexibility index (Phi) is 6.70. The van der Waals surface area contributed by atoms with E-state index in [1.807, 2.05) is 0 Å². The molecular formula is C7H12NaO4. The Morgan fingerprint density at radius 2 is 1.33 bits per heavy atom. The summed E-state index contributed by atoms with van der Waals surface area (Å²) in [4.78, 5) is 21.1. The Morgan fingerprint density at radius 3 is 1.33 bits per heavy atom. The van der Waals surface area contributed by atoms with Gasteiger partial charge in [-0.2, -0.15) is 0 Å². The fourth-order valence-electron chi connectivity index (χ4n) is 0.946. The second kappa shape index (κ2) is 5.56. The van der Waals surface area contributed by atoms with E-state index in [0.717, 1.165) is 0 Å². The standard InChI is InChI=1S/C7H12O4.Na/c1-3-7(4-2,5(8)9)6(10)11;/h3-4H2,1-2H3,(H,8,9)(H,10,11);. The van der Waals surface area contributed by atoms with Crippen LogP contribution in [0.4, 0.5) is 0 Å². The van der Waals surface area contributed by atoms with E-state index < -0.39 is 17.4 Å². The molecule has 0 bridgehead atoms. The van der Waals surface area contributed by atoms with E-state index in [4.69, 9.17) is 10.2 Å². The van der Waals surface area contributed by atoms with Crippen molar-refractivity contribution in [2.24, 2.45) is 5.41 Å². The summed E-state index contributed by atoms with van der Waals surface area (Å²) in [5.41, 5.74) is -1.58. The summed E-state index contributed by atoms with van der Waals surface area (Å²) in [7, 11) is 0. The van der Waals surface area contributed by atoms with Crippen molar-refractivity contribution in [2.45, 2.75) is 26.7 Å². The average molecular weight is 183 g/mol. The van der Waals surface area contributed by atoms with E-state index in [1.54, 1.807) is 13.8 Å². The van der Waals surface area contributed by atoms with Crippen LogP contribution < -0.4 is 0 Å². The molecule has 0 spiro atoms. The van der Waals surface area contributed by atoms with Crippen LogP contribution in [-0.4, -0.2) is 51.7 Å². The molecule has 0 atom stereocenters. The fraction of sp³-hybridized carbons (Fsp3) is 0.714. The van der Waals surface area contributed by atoms with E-state index in [0.29, 0.717) is 0 Å². The van der Waals surface area contributed by atoms with Crippen LogP contribution in [0.15, 0.2) is 0 Å². The maximum absolute atomic E-state index is 10.5. The molecule has 0 amide bonds. The van der Waals surface area contributed by atoms with Crippen LogP contribution >= 0.6 is 0 Å². The molecule has 0 aromatic heterocycles. The number of rotatable bonds is 4. The predicted octanol–water partition coefficient (Wildman–Crippen LogP) is 0.581. The average Bonchev–Trinajstić information content (AvgIpc) is 1.90. The van der Waals surface area contributed by atoms with Gasteiger partial charge in [0.2, 0.25) is 0 Å². The summed E-state index contributed by atoms with van der Waals surface area (Å²) >= 11 is 0. The zero-order valence-corrected chi connectivity index (χ0v) is 9.63. The van der Waals surface area contributed by atoms with Gasteiger partial charge in [0.05, 0.1) is 0 Å². The molecule has 1 radical (unpaired) electrons. The van der Waals surface area contributed by atoms with Gasteiger partial charge in [-0.1, -0.05) is 13.8 Å². The molecule has 0 saturated carbocycles. The molecular weight excluding hydrogens is 171 g/mol. The first kappa shape index (κ1) is 14.5. The first-order chi connectivity index (χ1) is 5.01. The molecule has 0 rings (SSSR count). The molecule has 0 heterocycles. The van der Waals surface area contributed by atoms with Crippen LogP contribution in [-0.2, 0) is 9.59 Å². The molecule has 0 fully saturated rings. The van der Waals surface area contributed by atoms with Crippen molar-refractivity contribution in [3.8, 4) is 0 Å². The molecule has 0 aromatic rings. The number of aliphatic carboxylic acids is 2. The largest absolute Gasteiger partial charge is 0.480 e. The Bertz CT molecular complexity index is 158. The minimum atomic E-state index is -1.58. The van der Waals surface area contributed by atoms with Gasteiger partial charge >= 0.3 is 11.9 Å². The topological polar surface area (TPSA) is 74.6 Å². The van der Waals surface area contributed by atoms with E-state index in [-0.39, 0.29) is 42.4 Å². The Morgan fingerprint density at radius 1 is 1.08 bits per heavy atom. The van der Waals surface area contributed by atoms with Crippen molar-refractivity contribution >= 4 is 41.5 Å². The van der Waals surface area contributed by atoms with E-state index in [1.165, 1.54) is 0 Å². The molecule has 0 aromatic carbocycles. The molecule has 0 aliphatic heterocycles. The molecule has 5 heteroatoms. The van der Waals surface area contributed by atoms with Gasteiger partial charge in [0.25, 0.3) is 0 Å². The minimum absolute atomic E-state index is 0. The molecule has 0 aliphatic carbocycles. The maximum Gasteiger partial charge on any atom is 0.321 e. The first-order valence-corrected chi connectivity index (χ1v) is 3.48. The molecule has 0 unspecified atom stereocenters. The van der Waals surface area contributed by atoms with Crippen molar-refractivity contribution in [3.05, 3.63) is 0 Å². The fourth-order valence-corrected chi connectivity index (χ4v) is 0.946. The Hall–Kier alpha value is -0.0600. The zero-order chi connectivity index (χ0) is 9.07. The van der Waals surface area contributed by atoms with Crippen molar-refractivity contribution in [1.29, 1.82) is 0 Å². The summed E-state index contributed by atoms with van der Waals surface area (Å²) in [6.07, 6.45) is 0.238. The number of carboxylic acid groups (broad SMARTS) is 2. The zero-order valence-electron chi connectivity index (χ0n) is 7.63. The quantitative estimate of drug-likeness (QED) is 0.494. The number of hydrogen-bond acceptors (Lipinski definition) is 2. The predicted molar refractivity (Wildman–Crippen MR) is 44.0 cm³/mol. The van der Waals surface area contributed by atoms with Gasteiger partial charge in [0, 0.05) is 29.6 Å². The van der Waals surface area contributed by atoms with Crippen LogP contribution in [0.25, 0.3) is 0 Å². The van der Waals surface area contributed by atoms with Gasteiger partial charge in [-0.3, -0.25) is 9.59 Å². The van der Waals surface area contributed by atoms with Gasteiger partial charge in [0.1, 0.15) is 0 Å². The van der Waals surface area contributed by atoms with Crippen LogP contribution in [0.3, 0.4) is 0 Å². The van der Waals surface area contributed by atoms with Crippen molar-refractivity contribution in [2.75, 3.05) is 0 Å². The van der Waals surface area contributed by atoms with Gasteiger partial charge < -0.3 is 10.2 Å². The summed E-state index contributed by atoms with van der Waals surface area (Å²) in [6.45, 7) is 3.12. The van der Waals surface area contributed by atoms with Crippen molar-refractivity contribution in [1.82, 2.24) is 0 Å². The Balaban J connectivity index is 0.